The second kappa shape index (κ2) is 5.55. The third-order valence-electron chi connectivity index (χ3n) is 3.72. The van der Waals surface area contributed by atoms with E-state index in [1.54, 1.807) is 0 Å². The average molecular weight is 289 g/mol. The van der Waals surface area contributed by atoms with Crippen molar-refractivity contribution in [1.82, 2.24) is 9.80 Å². The number of hydrogen-bond donors (Lipinski definition) is 0. The van der Waals surface area contributed by atoms with Crippen LogP contribution < -0.4 is 4.90 Å². The molecule has 4 amide bonds. The summed E-state index contributed by atoms with van der Waals surface area (Å²) in [5, 5.41) is 0. The number of carbonyl (C=O) groups is 3. The molecule has 2 rings (SSSR count). The molecule has 1 aliphatic heterocycles. The lowest BCUT2D eigenvalue weighted by atomic mass is 9.95. The molecule has 0 saturated carbocycles. The van der Waals surface area contributed by atoms with Crippen LogP contribution in [0, 0.1) is 5.92 Å². The highest BCUT2D eigenvalue weighted by atomic mass is 16.2. The van der Waals surface area contributed by atoms with E-state index in [-0.39, 0.29) is 0 Å². The van der Waals surface area contributed by atoms with Crippen LogP contribution in [-0.4, -0.2) is 55.8 Å². The van der Waals surface area contributed by atoms with Crippen LogP contribution in [0.3, 0.4) is 0 Å². The number of imide groups is 2. The first-order valence-corrected chi connectivity index (χ1v) is 6.68. The van der Waals surface area contributed by atoms with Crippen molar-refractivity contribution in [2.24, 2.45) is 5.92 Å². The molecular formula is C15H19N3O3. The Hall–Kier alpha value is -2.37. The van der Waals surface area contributed by atoms with Gasteiger partial charge in [-0.2, -0.15) is 0 Å². The molecule has 0 atom stereocenters. The van der Waals surface area contributed by atoms with Gasteiger partial charge in [-0.1, -0.05) is 12.1 Å². The Morgan fingerprint density at radius 3 is 1.86 bits per heavy atom. The summed E-state index contributed by atoms with van der Waals surface area (Å²) in [6, 6.07) is 7.08. The van der Waals surface area contributed by atoms with Crippen LogP contribution in [0.5, 0.6) is 0 Å². The topological polar surface area (TPSA) is 60.9 Å². The average Bonchev–Trinajstić information content (AvgIpc) is 2.48. The predicted octanol–water partition coefficient (Wildman–Crippen LogP) is 0.962. The predicted molar refractivity (Wildman–Crippen MR) is 78.9 cm³/mol. The van der Waals surface area contributed by atoms with Gasteiger partial charge >= 0.3 is 6.03 Å². The van der Waals surface area contributed by atoms with Gasteiger partial charge in [0.2, 0.25) is 11.8 Å². The number of carbonyl (C=O) groups excluding carboxylic acids is 3. The zero-order valence-electron chi connectivity index (χ0n) is 12.7. The van der Waals surface area contributed by atoms with Gasteiger partial charge < -0.3 is 4.90 Å². The van der Waals surface area contributed by atoms with E-state index in [0.717, 1.165) is 21.1 Å². The van der Waals surface area contributed by atoms with Crippen LogP contribution in [0.4, 0.5) is 10.5 Å². The van der Waals surface area contributed by atoms with E-state index in [0.29, 0.717) is 6.42 Å². The number of anilines is 1. The van der Waals surface area contributed by atoms with Gasteiger partial charge in [-0.25, -0.2) is 4.79 Å². The van der Waals surface area contributed by atoms with Crippen molar-refractivity contribution in [3.05, 3.63) is 29.8 Å². The number of nitrogens with zero attached hydrogens (tertiary/aromatic N) is 3. The second-order valence-corrected chi connectivity index (χ2v) is 5.39. The summed E-state index contributed by atoms with van der Waals surface area (Å²) in [6.07, 6.45) is 0.299. The van der Waals surface area contributed by atoms with Crippen molar-refractivity contribution >= 4 is 23.5 Å². The normalized spacial score (nSPS) is 16.7. The Labute approximate surface area is 123 Å². The first-order valence-electron chi connectivity index (χ1n) is 6.68. The quantitative estimate of drug-likeness (QED) is 0.778. The van der Waals surface area contributed by atoms with E-state index in [9.17, 15) is 14.4 Å². The minimum Gasteiger partial charge on any atom is -0.378 e. The van der Waals surface area contributed by atoms with E-state index in [1.165, 1.54) is 14.1 Å². The van der Waals surface area contributed by atoms with Crippen LogP contribution in [0.1, 0.15) is 5.56 Å². The fraction of sp³-hybridized carbons (Fsp3) is 0.400. The highest BCUT2D eigenvalue weighted by molar-refractivity contribution is 6.15. The SMILES string of the molecule is CN1C(=O)C(Cc2ccc(N(C)C)cc2)C(=O)N(C)C1=O. The monoisotopic (exact) mass is 289 g/mol. The van der Waals surface area contributed by atoms with E-state index in [2.05, 4.69) is 0 Å². The minimum atomic E-state index is -0.831. The standard InChI is InChI=1S/C15H19N3O3/c1-16(2)11-7-5-10(6-8-11)9-12-13(19)17(3)15(21)18(4)14(12)20/h5-8,12H,9H2,1-4H3. The number of rotatable bonds is 3. The Kier molecular flexibility index (Phi) is 3.97. The first-order chi connectivity index (χ1) is 9.82. The molecule has 0 N–H and O–H groups in total. The lowest BCUT2D eigenvalue weighted by Crippen LogP contribution is -2.57. The highest BCUT2D eigenvalue weighted by Gasteiger charge is 2.42. The van der Waals surface area contributed by atoms with Crippen molar-refractivity contribution in [3.63, 3.8) is 0 Å². The van der Waals surface area contributed by atoms with Crippen LogP contribution in [0.25, 0.3) is 0 Å². The van der Waals surface area contributed by atoms with Gasteiger partial charge in [0.25, 0.3) is 0 Å². The maximum atomic E-state index is 12.1. The molecule has 0 radical (unpaired) electrons. The van der Waals surface area contributed by atoms with Gasteiger partial charge in [0, 0.05) is 33.9 Å². The molecule has 1 fully saturated rings. The van der Waals surface area contributed by atoms with Gasteiger partial charge in [0.05, 0.1) is 0 Å². The summed E-state index contributed by atoms with van der Waals surface area (Å²) in [6.45, 7) is 0. The number of urea groups is 1. The summed E-state index contributed by atoms with van der Waals surface area (Å²) < 4.78 is 0. The Morgan fingerprint density at radius 2 is 1.43 bits per heavy atom. The van der Waals surface area contributed by atoms with Crippen LogP contribution in [-0.2, 0) is 16.0 Å². The largest absolute Gasteiger partial charge is 0.378 e. The Bertz CT molecular complexity index is 556. The molecule has 0 spiro atoms. The summed E-state index contributed by atoms with van der Waals surface area (Å²) >= 11 is 0. The number of amides is 4. The zero-order chi connectivity index (χ0) is 15.7. The smallest absolute Gasteiger partial charge is 0.332 e. The van der Waals surface area contributed by atoms with Crippen molar-refractivity contribution in [2.45, 2.75) is 6.42 Å². The lowest BCUT2D eigenvalue weighted by Gasteiger charge is -2.32. The van der Waals surface area contributed by atoms with E-state index in [1.807, 2.05) is 43.3 Å². The third-order valence-corrected chi connectivity index (χ3v) is 3.72. The van der Waals surface area contributed by atoms with Crippen LogP contribution in [0.2, 0.25) is 0 Å². The van der Waals surface area contributed by atoms with Gasteiger partial charge in [-0.15, -0.1) is 0 Å². The number of benzene rings is 1. The summed E-state index contributed by atoms with van der Waals surface area (Å²) in [5.74, 6) is -1.72. The van der Waals surface area contributed by atoms with Crippen LogP contribution in [0.15, 0.2) is 24.3 Å². The molecule has 0 bridgehead atoms. The molecule has 1 heterocycles. The number of hydrogen-bond acceptors (Lipinski definition) is 4. The minimum absolute atomic E-state index is 0.299. The molecule has 6 nitrogen and oxygen atoms in total. The highest BCUT2D eigenvalue weighted by Crippen LogP contribution is 2.21. The molecule has 1 aromatic rings. The fourth-order valence-corrected chi connectivity index (χ4v) is 2.33. The molecule has 6 heteroatoms. The molecule has 1 aliphatic rings. The van der Waals surface area contributed by atoms with Crippen molar-refractivity contribution in [1.29, 1.82) is 0 Å². The molecular weight excluding hydrogens is 270 g/mol. The molecule has 21 heavy (non-hydrogen) atoms. The molecule has 1 saturated heterocycles. The van der Waals surface area contributed by atoms with Gasteiger partial charge in [-0.3, -0.25) is 19.4 Å². The maximum Gasteiger partial charge on any atom is 0.332 e. The van der Waals surface area contributed by atoms with Gasteiger partial charge in [0.1, 0.15) is 5.92 Å². The third kappa shape index (κ3) is 2.74. The Balaban J connectivity index is 2.19. The summed E-state index contributed by atoms with van der Waals surface area (Å²) in [5.41, 5.74) is 1.94. The molecule has 1 aromatic carbocycles. The van der Waals surface area contributed by atoms with Crippen molar-refractivity contribution in [2.75, 3.05) is 33.1 Å². The molecule has 0 unspecified atom stereocenters. The summed E-state index contributed by atoms with van der Waals surface area (Å²) in [7, 11) is 6.68. The van der Waals surface area contributed by atoms with Crippen molar-refractivity contribution in [3.8, 4) is 0 Å². The molecule has 112 valence electrons. The maximum absolute atomic E-state index is 12.1. The van der Waals surface area contributed by atoms with E-state index >= 15 is 0 Å². The second-order valence-electron chi connectivity index (χ2n) is 5.39. The zero-order valence-corrected chi connectivity index (χ0v) is 12.7. The number of barbiturate groups is 1. The Morgan fingerprint density at radius 1 is 0.952 bits per heavy atom. The van der Waals surface area contributed by atoms with Crippen molar-refractivity contribution < 1.29 is 14.4 Å². The molecule has 0 aliphatic carbocycles. The van der Waals surface area contributed by atoms with E-state index < -0.39 is 23.8 Å². The summed E-state index contributed by atoms with van der Waals surface area (Å²) in [4.78, 5) is 39.9. The van der Waals surface area contributed by atoms with Gasteiger partial charge in [-0.05, 0) is 24.1 Å². The van der Waals surface area contributed by atoms with Gasteiger partial charge in [0.15, 0.2) is 0 Å². The molecule has 0 aromatic heterocycles. The fourth-order valence-electron chi connectivity index (χ4n) is 2.33. The first kappa shape index (κ1) is 15.0. The van der Waals surface area contributed by atoms with Crippen LogP contribution >= 0.6 is 0 Å². The lowest BCUT2D eigenvalue weighted by molar-refractivity contribution is -0.147. The van der Waals surface area contributed by atoms with E-state index in [4.69, 9.17) is 0 Å².